The van der Waals surface area contributed by atoms with Crippen molar-refractivity contribution >= 4 is 51.7 Å². The summed E-state index contributed by atoms with van der Waals surface area (Å²) in [5, 5.41) is 31.0. The highest BCUT2D eigenvalue weighted by Gasteiger charge is 2.23. The number of hydrogen-bond donors (Lipinski definition) is 2. The van der Waals surface area contributed by atoms with Crippen molar-refractivity contribution in [3.63, 3.8) is 0 Å². The van der Waals surface area contributed by atoms with Gasteiger partial charge in [-0.3, -0.25) is 20.0 Å². The lowest BCUT2D eigenvalue weighted by Crippen LogP contribution is -2.16. The first-order valence-corrected chi connectivity index (χ1v) is 11.8. The fourth-order valence-electron chi connectivity index (χ4n) is 2.97. The van der Waals surface area contributed by atoms with Gasteiger partial charge < -0.3 is 10.1 Å². The second kappa shape index (κ2) is 10.9. The van der Waals surface area contributed by atoms with Gasteiger partial charge in [-0.1, -0.05) is 6.07 Å². The number of nitrogens with zero attached hydrogens (tertiary/aromatic N) is 4. The Hall–Kier alpha value is -4.02. The van der Waals surface area contributed by atoms with Gasteiger partial charge in [0.2, 0.25) is 5.16 Å². The number of thiophene rings is 1. The molecule has 0 unspecified atom stereocenters. The van der Waals surface area contributed by atoms with Gasteiger partial charge in [0.15, 0.2) is 0 Å². The summed E-state index contributed by atoms with van der Waals surface area (Å²) in [4.78, 5) is 41.5. The van der Waals surface area contributed by atoms with Crippen LogP contribution in [-0.4, -0.2) is 38.6 Å². The maximum atomic E-state index is 12.8. The van der Waals surface area contributed by atoms with E-state index in [9.17, 15) is 25.0 Å². The van der Waals surface area contributed by atoms with E-state index in [0.29, 0.717) is 21.4 Å². The van der Waals surface area contributed by atoms with Crippen LogP contribution in [0.25, 0.3) is 6.08 Å². The van der Waals surface area contributed by atoms with Gasteiger partial charge in [-0.15, -0.1) is 16.4 Å². The number of carbonyl (C=O) groups excluding carboxylic acids is 2. The lowest BCUT2D eigenvalue weighted by Gasteiger charge is -2.07. The number of nitro groups is 1. The molecule has 3 rings (SSSR count). The first-order valence-electron chi connectivity index (χ1n) is 10.2. The summed E-state index contributed by atoms with van der Waals surface area (Å²) in [7, 11) is 0. The van der Waals surface area contributed by atoms with Gasteiger partial charge in [0, 0.05) is 10.9 Å². The predicted molar refractivity (Wildman–Crippen MR) is 130 cm³/mol. The minimum atomic E-state index is -0.753. The number of nitrogens with one attached hydrogen (secondary N) is 2. The number of hydrogen-bond acceptors (Lipinski definition) is 10. The molecule has 35 heavy (non-hydrogen) atoms. The van der Waals surface area contributed by atoms with Crippen molar-refractivity contribution in [3.05, 3.63) is 61.3 Å². The van der Waals surface area contributed by atoms with E-state index in [1.54, 1.807) is 33.8 Å². The quantitative estimate of drug-likeness (QED) is 0.145. The second-order valence-electron chi connectivity index (χ2n) is 7.12. The highest BCUT2D eigenvalue weighted by atomic mass is 32.2. The van der Waals surface area contributed by atoms with E-state index in [1.165, 1.54) is 29.5 Å². The second-order valence-corrected chi connectivity index (χ2v) is 9.36. The van der Waals surface area contributed by atoms with Crippen molar-refractivity contribution in [2.45, 2.75) is 37.7 Å². The van der Waals surface area contributed by atoms with Crippen LogP contribution in [0.1, 0.15) is 39.1 Å². The molecule has 0 radical (unpaired) electrons. The first-order chi connectivity index (χ1) is 16.6. The van der Waals surface area contributed by atoms with Crippen LogP contribution in [0.15, 0.2) is 33.8 Å². The standard InChI is InChI=1S/C22H20N6O5S2/c1-5-33-21(30)18-11(2)12(3)34-20(18)25-19(29)15(10-23)8-14-6-7-17(16(9-14)28(31)32)35-22-24-13(4)26-27-22/h6-9H,5H2,1-4H3,(H,25,29)(H,24,26,27)/b15-8-. The van der Waals surface area contributed by atoms with Crippen molar-refractivity contribution in [1.82, 2.24) is 15.2 Å². The third kappa shape index (κ3) is 5.92. The molecule has 0 aliphatic heterocycles. The molecule has 180 valence electrons. The van der Waals surface area contributed by atoms with Gasteiger partial charge in [-0.2, -0.15) is 5.26 Å². The monoisotopic (exact) mass is 512 g/mol. The van der Waals surface area contributed by atoms with Gasteiger partial charge in [0.05, 0.1) is 22.0 Å². The lowest BCUT2D eigenvalue weighted by atomic mass is 10.1. The number of ether oxygens (including phenoxy) is 1. The van der Waals surface area contributed by atoms with Gasteiger partial charge in [-0.25, -0.2) is 9.78 Å². The summed E-state index contributed by atoms with van der Waals surface area (Å²) < 4.78 is 5.08. The molecule has 0 bridgehead atoms. The topological polar surface area (TPSA) is 164 Å². The molecule has 1 amide bonds. The molecule has 2 heterocycles. The Labute approximate surface area is 208 Å². The molecule has 0 aliphatic rings. The summed E-state index contributed by atoms with van der Waals surface area (Å²) in [6.45, 7) is 7.11. The van der Waals surface area contributed by atoms with Crippen molar-refractivity contribution in [2.24, 2.45) is 0 Å². The van der Waals surface area contributed by atoms with Crippen LogP contribution in [-0.2, 0) is 9.53 Å². The molecule has 0 fully saturated rings. The number of amides is 1. The molecular formula is C22H20N6O5S2. The van der Waals surface area contributed by atoms with Crippen molar-refractivity contribution < 1.29 is 19.2 Å². The number of esters is 1. The van der Waals surface area contributed by atoms with Crippen LogP contribution in [0.2, 0.25) is 0 Å². The van der Waals surface area contributed by atoms with E-state index in [-0.39, 0.29) is 34.0 Å². The Morgan fingerprint density at radius 2 is 2.11 bits per heavy atom. The molecule has 0 aliphatic carbocycles. The zero-order chi connectivity index (χ0) is 25.7. The van der Waals surface area contributed by atoms with E-state index in [2.05, 4.69) is 20.5 Å². The Kier molecular flexibility index (Phi) is 8.00. The average molecular weight is 513 g/mol. The van der Waals surface area contributed by atoms with Crippen molar-refractivity contribution in [3.8, 4) is 6.07 Å². The summed E-state index contributed by atoms with van der Waals surface area (Å²) in [6.07, 6.45) is 1.24. The molecule has 0 saturated heterocycles. The number of aromatic amines is 1. The van der Waals surface area contributed by atoms with E-state index < -0.39 is 16.8 Å². The largest absolute Gasteiger partial charge is 0.462 e. The van der Waals surface area contributed by atoms with Crippen LogP contribution in [0.5, 0.6) is 0 Å². The average Bonchev–Trinajstić information content (AvgIpc) is 3.34. The molecule has 11 nitrogen and oxygen atoms in total. The minimum absolute atomic E-state index is 0.173. The van der Waals surface area contributed by atoms with E-state index in [1.807, 2.05) is 6.07 Å². The van der Waals surface area contributed by atoms with Crippen LogP contribution in [0.4, 0.5) is 10.7 Å². The molecule has 0 spiro atoms. The van der Waals surface area contributed by atoms with E-state index in [4.69, 9.17) is 4.74 Å². The molecule has 0 saturated carbocycles. The molecule has 0 atom stereocenters. The number of nitriles is 1. The number of benzene rings is 1. The van der Waals surface area contributed by atoms with Crippen LogP contribution >= 0.6 is 23.1 Å². The number of carbonyl (C=O) groups is 2. The fourth-order valence-corrected chi connectivity index (χ4v) is 4.86. The number of aromatic nitrogens is 3. The number of aryl methyl sites for hydroxylation is 2. The minimum Gasteiger partial charge on any atom is -0.462 e. The van der Waals surface area contributed by atoms with Crippen LogP contribution in [0, 0.1) is 42.2 Å². The molecule has 2 aromatic heterocycles. The van der Waals surface area contributed by atoms with E-state index >= 15 is 0 Å². The Balaban J connectivity index is 1.89. The van der Waals surface area contributed by atoms with Gasteiger partial charge in [0.25, 0.3) is 11.6 Å². The third-order valence-electron chi connectivity index (χ3n) is 4.73. The SMILES string of the molecule is CCOC(=O)c1c(NC(=O)/C(C#N)=C\c2ccc(Sc3n[nH]c(C)n3)c([N+](=O)[O-])c2)sc(C)c1C. The van der Waals surface area contributed by atoms with Crippen molar-refractivity contribution in [1.29, 1.82) is 5.26 Å². The maximum absolute atomic E-state index is 12.8. The smallest absolute Gasteiger partial charge is 0.341 e. The normalized spacial score (nSPS) is 11.1. The predicted octanol–water partition coefficient (Wildman–Crippen LogP) is 4.57. The lowest BCUT2D eigenvalue weighted by molar-refractivity contribution is -0.387. The third-order valence-corrected chi connectivity index (χ3v) is 6.78. The summed E-state index contributed by atoms with van der Waals surface area (Å²) in [5.41, 5.74) is 0.680. The molecule has 1 aromatic carbocycles. The summed E-state index contributed by atoms with van der Waals surface area (Å²) in [6, 6.07) is 6.11. The zero-order valence-electron chi connectivity index (χ0n) is 19.2. The zero-order valence-corrected chi connectivity index (χ0v) is 20.8. The Morgan fingerprint density at radius 3 is 2.71 bits per heavy atom. The van der Waals surface area contributed by atoms with Gasteiger partial charge in [0.1, 0.15) is 22.5 Å². The summed E-state index contributed by atoms with van der Waals surface area (Å²) >= 11 is 2.21. The number of nitro benzene ring substituents is 1. The highest BCUT2D eigenvalue weighted by Crippen LogP contribution is 2.35. The number of rotatable bonds is 8. The highest BCUT2D eigenvalue weighted by molar-refractivity contribution is 7.99. The Bertz CT molecular complexity index is 1390. The maximum Gasteiger partial charge on any atom is 0.341 e. The molecule has 3 aromatic rings. The van der Waals surface area contributed by atoms with Crippen LogP contribution < -0.4 is 5.32 Å². The van der Waals surface area contributed by atoms with Gasteiger partial charge >= 0.3 is 5.97 Å². The molecule has 13 heteroatoms. The summed E-state index contributed by atoms with van der Waals surface area (Å²) in [5.74, 6) is -0.754. The molecular weight excluding hydrogens is 492 g/mol. The van der Waals surface area contributed by atoms with Gasteiger partial charge in [-0.05, 0) is 62.7 Å². The fraction of sp³-hybridized carbons (Fsp3) is 0.227. The van der Waals surface area contributed by atoms with Crippen molar-refractivity contribution in [2.75, 3.05) is 11.9 Å². The number of anilines is 1. The Morgan fingerprint density at radius 1 is 1.37 bits per heavy atom. The van der Waals surface area contributed by atoms with E-state index in [0.717, 1.165) is 16.6 Å². The number of H-pyrrole nitrogens is 1. The van der Waals surface area contributed by atoms with Crippen LogP contribution in [0.3, 0.4) is 0 Å². The molecule has 2 N–H and O–H groups in total. The first kappa shape index (κ1) is 25.6.